The second kappa shape index (κ2) is 10.9. The van der Waals surface area contributed by atoms with Gasteiger partial charge in [-0.1, -0.05) is 12.1 Å². The molecule has 3 rings (SSSR count). The van der Waals surface area contributed by atoms with Crippen molar-refractivity contribution in [3.8, 4) is 0 Å². The van der Waals surface area contributed by atoms with E-state index in [0.717, 1.165) is 24.9 Å². The van der Waals surface area contributed by atoms with Crippen LogP contribution >= 0.6 is 24.0 Å². The van der Waals surface area contributed by atoms with Crippen LogP contribution in [0.4, 0.5) is 10.2 Å². The summed E-state index contributed by atoms with van der Waals surface area (Å²) in [5.41, 5.74) is 1.04. The van der Waals surface area contributed by atoms with Gasteiger partial charge in [-0.15, -0.1) is 24.0 Å². The Morgan fingerprint density at radius 1 is 1.30 bits per heavy atom. The van der Waals surface area contributed by atoms with Crippen molar-refractivity contribution in [1.82, 2.24) is 15.6 Å². The van der Waals surface area contributed by atoms with Crippen molar-refractivity contribution in [2.75, 3.05) is 37.8 Å². The van der Waals surface area contributed by atoms with Crippen LogP contribution in [0.2, 0.25) is 0 Å². The first-order chi connectivity index (χ1) is 13.9. The molecule has 7 nitrogen and oxygen atoms in total. The summed E-state index contributed by atoms with van der Waals surface area (Å²) < 4.78 is 37.0. The summed E-state index contributed by atoms with van der Waals surface area (Å²) in [6.45, 7) is 2.04. The van der Waals surface area contributed by atoms with E-state index < -0.39 is 9.84 Å². The van der Waals surface area contributed by atoms with Gasteiger partial charge in [0.25, 0.3) is 0 Å². The van der Waals surface area contributed by atoms with E-state index in [1.54, 1.807) is 31.4 Å². The predicted octanol–water partition coefficient (Wildman–Crippen LogP) is 2.23. The fourth-order valence-corrected chi connectivity index (χ4v) is 3.93. The fourth-order valence-electron chi connectivity index (χ4n) is 3.30. The largest absolute Gasteiger partial charge is 0.356 e. The van der Waals surface area contributed by atoms with Crippen LogP contribution in [0.25, 0.3) is 0 Å². The van der Waals surface area contributed by atoms with Crippen molar-refractivity contribution in [1.29, 1.82) is 0 Å². The second-order valence-corrected chi connectivity index (χ2v) is 9.07. The molecule has 30 heavy (non-hydrogen) atoms. The van der Waals surface area contributed by atoms with Crippen LogP contribution < -0.4 is 15.5 Å². The molecule has 0 aliphatic carbocycles. The summed E-state index contributed by atoms with van der Waals surface area (Å²) in [4.78, 5) is 10.6. The maximum atomic E-state index is 13.9. The third-order valence-corrected chi connectivity index (χ3v) is 5.98. The van der Waals surface area contributed by atoms with Gasteiger partial charge >= 0.3 is 0 Å². The number of anilines is 1. The van der Waals surface area contributed by atoms with Gasteiger partial charge in [-0.2, -0.15) is 0 Å². The highest BCUT2D eigenvalue weighted by Crippen LogP contribution is 2.20. The summed E-state index contributed by atoms with van der Waals surface area (Å²) in [7, 11) is -1.47. The van der Waals surface area contributed by atoms with Crippen LogP contribution in [-0.2, 0) is 16.3 Å². The Morgan fingerprint density at radius 3 is 2.67 bits per heavy atom. The molecule has 1 aliphatic heterocycles. The van der Waals surface area contributed by atoms with Gasteiger partial charge in [-0.3, -0.25) is 4.99 Å². The van der Waals surface area contributed by atoms with Crippen LogP contribution in [0.1, 0.15) is 12.0 Å². The van der Waals surface area contributed by atoms with E-state index in [2.05, 4.69) is 20.6 Å². The van der Waals surface area contributed by atoms with Crippen molar-refractivity contribution < 1.29 is 12.8 Å². The third-order valence-electron chi connectivity index (χ3n) is 4.85. The van der Waals surface area contributed by atoms with Gasteiger partial charge in [-0.05, 0) is 42.7 Å². The highest BCUT2D eigenvalue weighted by Gasteiger charge is 2.25. The van der Waals surface area contributed by atoms with Gasteiger partial charge in [0.1, 0.15) is 0 Å². The molecule has 1 aromatic carbocycles. The first-order valence-electron chi connectivity index (χ1n) is 9.48. The Kier molecular flexibility index (Phi) is 8.83. The molecule has 1 unspecified atom stereocenters. The monoisotopic (exact) mass is 547 g/mol. The minimum absolute atomic E-state index is 0. The molecule has 2 aromatic rings. The molecule has 1 atom stereocenters. The molecule has 1 fully saturated rings. The zero-order chi connectivity index (χ0) is 20.9. The van der Waals surface area contributed by atoms with Gasteiger partial charge in [0, 0.05) is 45.2 Å². The fraction of sp³-hybridized carbons (Fsp3) is 0.400. The third kappa shape index (κ3) is 6.53. The molecule has 1 aromatic heterocycles. The molecule has 2 N–H and O–H groups in total. The van der Waals surface area contributed by atoms with E-state index in [9.17, 15) is 12.8 Å². The van der Waals surface area contributed by atoms with Crippen molar-refractivity contribution in [2.45, 2.75) is 23.8 Å². The second-order valence-electron chi connectivity index (χ2n) is 7.05. The predicted molar refractivity (Wildman–Crippen MR) is 128 cm³/mol. The molecule has 1 aliphatic rings. The molecular weight excluding hydrogens is 520 g/mol. The first-order valence-corrected chi connectivity index (χ1v) is 11.4. The van der Waals surface area contributed by atoms with Gasteiger partial charge in [0.15, 0.2) is 27.4 Å². The van der Waals surface area contributed by atoms with E-state index in [-0.39, 0.29) is 35.8 Å². The number of nitrogens with zero attached hydrogens (tertiary/aromatic N) is 3. The maximum Gasteiger partial charge on any atom is 0.191 e. The Bertz CT molecular complexity index is 969. The van der Waals surface area contributed by atoms with Crippen LogP contribution in [0, 0.1) is 5.82 Å². The van der Waals surface area contributed by atoms with E-state index in [1.165, 1.54) is 12.3 Å². The maximum absolute atomic E-state index is 13.9. The van der Waals surface area contributed by atoms with E-state index in [0.29, 0.717) is 29.8 Å². The smallest absolute Gasteiger partial charge is 0.191 e. The van der Waals surface area contributed by atoms with Crippen LogP contribution in [0.3, 0.4) is 0 Å². The van der Waals surface area contributed by atoms with Crippen molar-refractivity contribution in [3.63, 3.8) is 0 Å². The lowest BCUT2D eigenvalue weighted by atomic mass is 10.1. The number of rotatable bonds is 6. The molecule has 0 amide bonds. The summed E-state index contributed by atoms with van der Waals surface area (Å²) >= 11 is 0. The minimum atomic E-state index is -3.17. The van der Waals surface area contributed by atoms with E-state index >= 15 is 0 Å². The normalized spacial score (nSPS) is 16.8. The van der Waals surface area contributed by atoms with E-state index in [1.807, 2.05) is 17.0 Å². The minimum Gasteiger partial charge on any atom is -0.356 e. The summed E-state index contributed by atoms with van der Waals surface area (Å²) in [6.07, 6.45) is 4.40. The average molecular weight is 547 g/mol. The number of hydrogen-bond acceptors (Lipinski definition) is 5. The highest BCUT2D eigenvalue weighted by atomic mass is 127. The molecular formula is C20H27FIN5O2S. The molecule has 0 bridgehead atoms. The Labute approximate surface area is 194 Å². The number of aliphatic imine (C=N–C) groups is 1. The average Bonchev–Trinajstić information content (AvgIpc) is 3.15. The van der Waals surface area contributed by atoms with Crippen LogP contribution in [-0.4, -0.2) is 58.3 Å². The number of benzene rings is 1. The lowest BCUT2D eigenvalue weighted by Crippen LogP contribution is -2.45. The Hall–Kier alpha value is -1.95. The van der Waals surface area contributed by atoms with Gasteiger partial charge < -0.3 is 15.5 Å². The molecule has 2 heterocycles. The van der Waals surface area contributed by atoms with Gasteiger partial charge in [0.05, 0.1) is 4.90 Å². The summed E-state index contributed by atoms with van der Waals surface area (Å²) in [6, 6.07) is 10.1. The standard InChI is InChI=1S/C20H26FN5O2S.HI/c1-22-20(24-12-9-15-5-7-17(8-6-15)29(2,27)28)25-16-10-13-26(14-16)19-18(21)4-3-11-23-19;/h3-8,11,16H,9-10,12-14H2,1-2H3,(H2,22,24,25);1H. The van der Waals surface area contributed by atoms with Gasteiger partial charge in [0.2, 0.25) is 0 Å². The van der Waals surface area contributed by atoms with Crippen molar-refractivity contribution in [2.24, 2.45) is 4.99 Å². The summed E-state index contributed by atoms with van der Waals surface area (Å²) in [5, 5.41) is 6.64. The number of nitrogens with one attached hydrogen (secondary N) is 2. The molecule has 10 heteroatoms. The molecule has 0 saturated carbocycles. The first kappa shape index (κ1) is 24.3. The Balaban J connectivity index is 0.00000320. The lowest BCUT2D eigenvalue weighted by Gasteiger charge is -2.20. The summed E-state index contributed by atoms with van der Waals surface area (Å²) in [5.74, 6) is 0.765. The zero-order valence-electron chi connectivity index (χ0n) is 17.0. The van der Waals surface area contributed by atoms with Gasteiger partial charge in [-0.25, -0.2) is 17.8 Å². The quantitative estimate of drug-likeness (QED) is 0.328. The molecule has 164 valence electrons. The highest BCUT2D eigenvalue weighted by molar-refractivity contribution is 14.0. The molecule has 0 spiro atoms. The van der Waals surface area contributed by atoms with Crippen LogP contribution in [0.15, 0.2) is 52.5 Å². The van der Waals surface area contributed by atoms with E-state index in [4.69, 9.17) is 0 Å². The van der Waals surface area contributed by atoms with Crippen LogP contribution in [0.5, 0.6) is 0 Å². The number of hydrogen-bond donors (Lipinski definition) is 2. The van der Waals surface area contributed by atoms with Crippen molar-refractivity contribution in [3.05, 3.63) is 54.0 Å². The number of halogens is 2. The topological polar surface area (TPSA) is 86.7 Å². The number of guanidine groups is 1. The number of aromatic nitrogens is 1. The number of pyridine rings is 1. The molecule has 0 radical (unpaired) electrons. The zero-order valence-corrected chi connectivity index (χ0v) is 20.2. The van der Waals surface area contributed by atoms with Crippen molar-refractivity contribution >= 4 is 45.6 Å². The molecule has 1 saturated heterocycles. The lowest BCUT2D eigenvalue weighted by molar-refractivity contribution is 0.602. The Morgan fingerprint density at radius 2 is 2.03 bits per heavy atom. The number of sulfone groups is 1. The SMILES string of the molecule is CN=C(NCCc1ccc(S(C)(=O)=O)cc1)NC1CCN(c2ncccc2F)C1.I.